The number of cyclic esters (lactones) is 1. The molecular weight excluding hydrogens is 386 g/mol. The van der Waals surface area contributed by atoms with Crippen molar-refractivity contribution < 1.29 is 19.1 Å². The Morgan fingerprint density at radius 3 is 2.63 bits per heavy atom. The fraction of sp³-hybridized carbons (Fsp3) is 0.0500. The van der Waals surface area contributed by atoms with E-state index in [1.54, 1.807) is 30.3 Å². The van der Waals surface area contributed by atoms with E-state index in [1.165, 1.54) is 18.3 Å². The summed E-state index contributed by atoms with van der Waals surface area (Å²) in [4.78, 5) is 28.1. The van der Waals surface area contributed by atoms with Crippen molar-refractivity contribution >= 4 is 56.9 Å². The van der Waals surface area contributed by atoms with Gasteiger partial charge in [-0.2, -0.15) is 0 Å². The van der Waals surface area contributed by atoms with E-state index in [4.69, 9.17) is 21.1 Å². The predicted molar refractivity (Wildman–Crippen MR) is 105 cm³/mol. The second-order valence-corrected chi connectivity index (χ2v) is 7.17. The van der Waals surface area contributed by atoms with E-state index in [0.29, 0.717) is 15.6 Å². The van der Waals surface area contributed by atoms with Gasteiger partial charge >= 0.3 is 11.9 Å². The molecular formula is C20H12ClNO4S. The zero-order chi connectivity index (χ0) is 19.0. The van der Waals surface area contributed by atoms with Crippen molar-refractivity contribution in [1.82, 2.24) is 0 Å². The first-order valence-corrected chi connectivity index (χ1v) is 9.19. The van der Waals surface area contributed by atoms with Gasteiger partial charge in [-0.05, 0) is 29.8 Å². The SMILES string of the molecule is CC(=O)Oc1ccc(/C=C2/N=C(c3sc4ccccc4c3Cl)OC2=O)cc1. The first kappa shape index (κ1) is 17.5. The predicted octanol–water partition coefficient (Wildman–Crippen LogP) is 4.82. The number of rotatable bonds is 3. The lowest BCUT2D eigenvalue weighted by atomic mass is 10.2. The van der Waals surface area contributed by atoms with Gasteiger partial charge < -0.3 is 9.47 Å². The Morgan fingerprint density at radius 1 is 1.19 bits per heavy atom. The Kier molecular flexibility index (Phi) is 4.51. The molecule has 0 spiro atoms. The number of benzene rings is 2. The number of thiophene rings is 1. The van der Waals surface area contributed by atoms with Crippen LogP contribution in [0.1, 0.15) is 17.4 Å². The minimum absolute atomic E-state index is 0.179. The second kappa shape index (κ2) is 6.98. The highest BCUT2D eigenvalue weighted by Crippen LogP contribution is 2.37. The van der Waals surface area contributed by atoms with Gasteiger partial charge in [0, 0.05) is 17.0 Å². The quantitative estimate of drug-likeness (QED) is 0.361. The molecule has 0 aliphatic carbocycles. The van der Waals surface area contributed by atoms with Gasteiger partial charge in [-0.3, -0.25) is 4.79 Å². The maximum atomic E-state index is 12.2. The summed E-state index contributed by atoms with van der Waals surface area (Å²) in [6, 6.07) is 14.4. The lowest BCUT2D eigenvalue weighted by molar-refractivity contribution is -0.132. The van der Waals surface area contributed by atoms with Gasteiger partial charge in [-0.1, -0.05) is 41.9 Å². The number of carbonyl (C=O) groups is 2. The molecule has 0 amide bonds. The molecule has 4 rings (SSSR count). The molecule has 1 aliphatic heterocycles. The van der Waals surface area contributed by atoms with Crippen molar-refractivity contribution in [3.8, 4) is 5.75 Å². The lowest BCUT2D eigenvalue weighted by Gasteiger charge is -2.00. The first-order valence-electron chi connectivity index (χ1n) is 8.00. The van der Waals surface area contributed by atoms with Crippen LogP contribution in [0.2, 0.25) is 5.02 Å². The highest BCUT2D eigenvalue weighted by molar-refractivity contribution is 7.21. The van der Waals surface area contributed by atoms with Crippen molar-refractivity contribution in [3.63, 3.8) is 0 Å². The Balaban J connectivity index is 1.65. The number of halogens is 1. The summed E-state index contributed by atoms with van der Waals surface area (Å²) in [5.41, 5.74) is 0.907. The van der Waals surface area contributed by atoms with Gasteiger partial charge in [-0.15, -0.1) is 11.3 Å². The van der Waals surface area contributed by atoms with Gasteiger partial charge in [0.1, 0.15) is 10.6 Å². The molecule has 5 nitrogen and oxygen atoms in total. The molecule has 1 aromatic heterocycles. The van der Waals surface area contributed by atoms with Crippen LogP contribution in [0.15, 0.2) is 59.2 Å². The van der Waals surface area contributed by atoms with Crippen molar-refractivity contribution in [2.45, 2.75) is 6.92 Å². The van der Waals surface area contributed by atoms with E-state index < -0.39 is 11.9 Å². The van der Waals surface area contributed by atoms with Crippen molar-refractivity contribution in [3.05, 3.63) is 69.7 Å². The van der Waals surface area contributed by atoms with E-state index in [-0.39, 0.29) is 11.6 Å². The summed E-state index contributed by atoms with van der Waals surface area (Å²) in [5.74, 6) is -0.300. The van der Waals surface area contributed by atoms with E-state index >= 15 is 0 Å². The Hall–Kier alpha value is -2.96. The van der Waals surface area contributed by atoms with Crippen LogP contribution in [0.3, 0.4) is 0 Å². The molecule has 2 heterocycles. The van der Waals surface area contributed by atoms with Crippen LogP contribution in [0.25, 0.3) is 16.2 Å². The van der Waals surface area contributed by atoms with Crippen molar-refractivity contribution in [2.24, 2.45) is 4.99 Å². The molecule has 27 heavy (non-hydrogen) atoms. The molecule has 2 aromatic carbocycles. The van der Waals surface area contributed by atoms with Gasteiger partial charge in [0.05, 0.1) is 5.02 Å². The zero-order valence-corrected chi connectivity index (χ0v) is 15.6. The fourth-order valence-corrected chi connectivity index (χ4v) is 4.05. The Morgan fingerprint density at radius 2 is 1.93 bits per heavy atom. The summed E-state index contributed by atoms with van der Waals surface area (Å²) in [5, 5.41) is 1.42. The number of ether oxygens (including phenoxy) is 2. The normalized spacial score (nSPS) is 15.1. The minimum Gasteiger partial charge on any atom is -0.427 e. The van der Waals surface area contributed by atoms with Crippen LogP contribution in [-0.2, 0) is 14.3 Å². The molecule has 1 aliphatic rings. The number of fused-ring (bicyclic) bond motifs is 1. The molecule has 0 bridgehead atoms. The third-order valence-electron chi connectivity index (χ3n) is 3.79. The largest absolute Gasteiger partial charge is 0.427 e. The van der Waals surface area contributed by atoms with E-state index in [0.717, 1.165) is 15.6 Å². The first-order chi connectivity index (χ1) is 13.0. The van der Waals surface area contributed by atoms with Crippen LogP contribution in [0.4, 0.5) is 0 Å². The number of esters is 2. The molecule has 0 unspecified atom stereocenters. The second-order valence-electron chi connectivity index (χ2n) is 5.74. The molecule has 0 fully saturated rings. The third kappa shape index (κ3) is 3.49. The number of nitrogens with zero attached hydrogens (tertiary/aromatic N) is 1. The Bertz CT molecular complexity index is 1130. The third-order valence-corrected chi connectivity index (χ3v) is 5.46. The summed E-state index contributed by atoms with van der Waals surface area (Å²) < 4.78 is 11.3. The average molecular weight is 398 g/mol. The van der Waals surface area contributed by atoms with E-state index in [9.17, 15) is 9.59 Å². The van der Waals surface area contributed by atoms with Crippen molar-refractivity contribution in [1.29, 1.82) is 0 Å². The average Bonchev–Trinajstić information content (AvgIpc) is 3.17. The summed E-state index contributed by atoms with van der Waals surface area (Å²) in [7, 11) is 0. The minimum atomic E-state index is -0.539. The standard InChI is InChI=1S/C20H12ClNO4S/c1-11(23)25-13-8-6-12(7-9-13)10-15-20(24)26-19(22-15)18-17(21)14-4-2-3-5-16(14)27-18/h2-10H,1H3/b15-10+. The topological polar surface area (TPSA) is 65.0 Å². The number of aliphatic imine (C=N–C) groups is 1. The molecule has 3 aromatic rings. The summed E-state index contributed by atoms with van der Waals surface area (Å²) in [6.07, 6.45) is 1.61. The van der Waals surface area contributed by atoms with Gasteiger partial charge in [0.2, 0.25) is 5.90 Å². The van der Waals surface area contributed by atoms with Crippen LogP contribution in [-0.4, -0.2) is 17.8 Å². The van der Waals surface area contributed by atoms with E-state index in [2.05, 4.69) is 4.99 Å². The highest BCUT2D eigenvalue weighted by atomic mass is 35.5. The summed E-state index contributed by atoms with van der Waals surface area (Å²) >= 11 is 7.85. The van der Waals surface area contributed by atoms with Gasteiger partial charge in [0.15, 0.2) is 5.70 Å². The number of hydrogen-bond acceptors (Lipinski definition) is 6. The maximum absolute atomic E-state index is 12.2. The monoisotopic (exact) mass is 397 g/mol. The van der Waals surface area contributed by atoms with Crippen LogP contribution in [0.5, 0.6) is 5.75 Å². The maximum Gasteiger partial charge on any atom is 0.363 e. The number of hydrogen-bond donors (Lipinski definition) is 0. The van der Waals surface area contributed by atoms with E-state index in [1.807, 2.05) is 24.3 Å². The van der Waals surface area contributed by atoms with Crippen LogP contribution in [0, 0.1) is 0 Å². The van der Waals surface area contributed by atoms with Gasteiger partial charge in [-0.25, -0.2) is 9.79 Å². The zero-order valence-electron chi connectivity index (χ0n) is 14.1. The highest BCUT2D eigenvalue weighted by Gasteiger charge is 2.27. The molecule has 0 radical (unpaired) electrons. The number of carbonyl (C=O) groups excluding carboxylic acids is 2. The molecule has 0 N–H and O–H groups in total. The molecule has 0 saturated carbocycles. The fourth-order valence-electron chi connectivity index (χ4n) is 2.61. The van der Waals surface area contributed by atoms with Gasteiger partial charge in [0.25, 0.3) is 0 Å². The molecule has 0 atom stereocenters. The smallest absolute Gasteiger partial charge is 0.363 e. The van der Waals surface area contributed by atoms with Crippen LogP contribution < -0.4 is 4.74 Å². The van der Waals surface area contributed by atoms with Crippen LogP contribution >= 0.6 is 22.9 Å². The molecule has 134 valence electrons. The Labute approximate surface area is 163 Å². The molecule has 7 heteroatoms. The molecule has 0 saturated heterocycles. The lowest BCUT2D eigenvalue weighted by Crippen LogP contribution is -2.04. The summed E-state index contributed by atoms with van der Waals surface area (Å²) in [6.45, 7) is 1.33. The van der Waals surface area contributed by atoms with Crippen molar-refractivity contribution in [2.75, 3.05) is 0 Å².